The first-order chi connectivity index (χ1) is 5.38. The van der Waals surface area contributed by atoms with Gasteiger partial charge in [-0.25, -0.2) is 0 Å². The molecule has 64 valence electrons. The molecule has 0 aromatic rings. The summed E-state index contributed by atoms with van der Waals surface area (Å²) in [5.41, 5.74) is 0. The molecule has 0 bridgehead atoms. The molecule has 0 N–H and O–H groups in total. The Labute approximate surface area is 73.5 Å². The van der Waals surface area contributed by atoms with Gasteiger partial charge in [0.2, 0.25) is 0 Å². The lowest BCUT2D eigenvalue weighted by Gasteiger charge is -2.43. The fraction of sp³-hybridized carbons (Fsp3) is 1.00. The van der Waals surface area contributed by atoms with E-state index >= 15 is 0 Å². The fourth-order valence-corrected chi connectivity index (χ4v) is 3.04. The average molecular weight is 171 g/mol. The van der Waals surface area contributed by atoms with Crippen molar-refractivity contribution in [2.24, 2.45) is 0 Å². The lowest BCUT2D eigenvalue weighted by atomic mass is 9.90. The zero-order valence-corrected chi connectivity index (χ0v) is 8.07. The van der Waals surface area contributed by atoms with Crippen LogP contribution in [-0.4, -0.2) is 35.0 Å². The maximum Gasteiger partial charge on any atom is 0.0161 e. The van der Waals surface area contributed by atoms with Crippen LogP contribution < -0.4 is 0 Å². The molecule has 1 heterocycles. The molecular formula is C9H17NS. The van der Waals surface area contributed by atoms with Crippen molar-refractivity contribution in [3.63, 3.8) is 0 Å². The van der Waals surface area contributed by atoms with Crippen LogP contribution in [0.1, 0.15) is 26.2 Å². The van der Waals surface area contributed by atoms with Crippen molar-refractivity contribution in [1.29, 1.82) is 0 Å². The van der Waals surface area contributed by atoms with Crippen LogP contribution in [0.15, 0.2) is 0 Å². The van der Waals surface area contributed by atoms with E-state index in [0.717, 1.165) is 12.1 Å². The van der Waals surface area contributed by atoms with Crippen molar-refractivity contribution in [3.8, 4) is 0 Å². The second-order valence-electron chi connectivity index (χ2n) is 3.75. The van der Waals surface area contributed by atoms with Gasteiger partial charge >= 0.3 is 0 Å². The number of hydrogen-bond donors (Lipinski definition) is 0. The summed E-state index contributed by atoms with van der Waals surface area (Å²) in [5, 5.41) is 0. The first-order valence-electron chi connectivity index (χ1n) is 4.71. The Kier molecular flexibility index (Phi) is 2.42. The van der Waals surface area contributed by atoms with E-state index in [4.69, 9.17) is 0 Å². The van der Waals surface area contributed by atoms with E-state index in [9.17, 15) is 0 Å². The monoisotopic (exact) mass is 171 g/mol. The Hall–Kier alpha value is 0.310. The highest BCUT2D eigenvalue weighted by Gasteiger charge is 2.29. The summed E-state index contributed by atoms with van der Waals surface area (Å²) in [6, 6.07) is 1.81. The van der Waals surface area contributed by atoms with Gasteiger partial charge in [0, 0.05) is 30.1 Å². The van der Waals surface area contributed by atoms with Crippen molar-refractivity contribution in [3.05, 3.63) is 0 Å². The van der Waals surface area contributed by atoms with Crippen LogP contribution in [0.5, 0.6) is 0 Å². The van der Waals surface area contributed by atoms with Gasteiger partial charge in [-0.05, 0) is 19.8 Å². The standard InChI is InChI=1S/C9H17NS/c1-8-7-11-6-5-10(8)9-3-2-4-9/h8-9H,2-7H2,1H3. The molecule has 1 aliphatic heterocycles. The van der Waals surface area contributed by atoms with Crippen LogP contribution in [0.3, 0.4) is 0 Å². The summed E-state index contributed by atoms with van der Waals surface area (Å²) < 4.78 is 0. The molecule has 2 heteroatoms. The van der Waals surface area contributed by atoms with Gasteiger partial charge in [0.1, 0.15) is 0 Å². The van der Waals surface area contributed by atoms with Crippen LogP contribution in [0.25, 0.3) is 0 Å². The third-order valence-corrected chi connectivity index (χ3v) is 4.15. The topological polar surface area (TPSA) is 3.24 Å². The maximum atomic E-state index is 2.72. The number of thioether (sulfide) groups is 1. The van der Waals surface area contributed by atoms with E-state index in [1.807, 2.05) is 0 Å². The van der Waals surface area contributed by atoms with Gasteiger partial charge in [-0.3, -0.25) is 4.90 Å². The Morgan fingerprint density at radius 2 is 2.18 bits per heavy atom. The summed E-state index contributed by atoms with van der Waals surface area (Å²) in [6.07, 6.45) is 4.41. The Morgan fingerprint density at radius 1 is 1.36 bits per heavy atom. The highest BCUT2D eigenvalue weighted by molar-refractivity contribution is 7.99. The van der Waals surface area contributed by atoms with Gasteiger partial charge in [0.25, 0.3) is 0 Å². The summed E-state index contributed by atoms with van der Waals surface area (Å²) in [7, 11) is 0. The summed E-state index contributed by atoms with van der Waals surface area (Å²) in [4.78, 5) is 2.72. The molecule has 1 atom stereocenters. The predicted octanol–water partition coefficient (Wildman–Crippen LogP) is 1.98. The summed E-state index contributed by atoms with van der Waals surface area (Å²) in [6.45, 7) is 3.72. The molecule has 1 saturated heterocycles. The Bertz CT molecular complexity index is 132. The van der Waals surface area contributed by atoms with Gasteiger partial charge in [0.15, 0.2) is 0 Å². The van der Waals surface area contributed by atoms with Crippen molar-refractivity contribution in [2.45, 2.75) is 38.3 Å². The first-order valence-corrected chi connectivity index (χ1v) is 5.87. The minimum absolute atomic E-state index is 0.846. The Balaban J connectivity index is 1.88. The van der Waals surface area contributed by atoms with Crippen LogP contribution >= 0.6 is 11.8 Å². The van der Waals surface area contributed by atoms with Crippen molar-refractivity contribution < 1.29 is 0 Å². The van der Waals surface area contributed by atoms with Gasteiger partial charge in [-0.2, -0.15) is 11.8 Å². The molecule has 2 fully saturated rings. The smallest absolute Gasteiger partial charge is 0.0161 e. The molecule has 0 radical (unpaired) electrons. The van der Waals surface area contributed by atoms with Crippen LogP contribution in [0.2, 0.25) is 0 Å². The average Bonchev–Trinajstić information content (AvgIpc) is 1.90. The molecule has 0 amide bonds. The van der Waals surface area contributed by atoms with Gasteiger partial charge in [0.05, 0.1) is 0 Å². The lowest BCUT2D eigenvalue weighted by molar-refractivity contribution is 0.101. The molecular weight excluding hydrogens is 154 g/mol. The molecule has 1 aliphatic carbocycles. The molecule has 0 spiro atoms. The molecule has 1 saturated carbocycles. The van der Waals surface area contributed by atoms with Gasteiger partial charge in [-0.1, -0.05) is 6.42 Å². The number of nitrogens with zero attached hydrogens (tertiary/aromatic N) is 1. The third-order valence-electron chi connectivity index (χ3n) is 2.96. The van der Waals surface area contributed by atoms with Crippen LogP contribution in [-0.2, 0) is 0 Å². The zero-order chi connectivity index (χ0) is 7.68. The predicted molar refractivity (Wildman–Crippen MR) is 51.1 cm³/mol. The minimum atomic E-state index is 0.846. The SMILES string of the molecule is CC1CSCCN1C1CCC1. The van der Waals surface area contributed by atoms with Gasteiger partial charge < -0.3 is 0 Å². The van der Waals surface area contributed by atoms with E-state index in [2.05, 4.69) is 23.6 Å². The van der Waals surface area contributed by atoms with E-state index in [0.29, 0.717) is 0 Å². The van der Waals surface area contributed by atoms with Crippen molar-refractivity contribution in [1.82, 2.24) is 4.90 Å². The molecule has 11 heavy (non-hydrogen) atoms. The second-order valence-corrected chi connectivity index (χ2v) is 4.90. The third kappa shape index (κ3) is 1.57. The van der Waals surface area contributed by atoms with E-state index in [1.165, 1.54) is 37.3 Å². The van der Waals surface area contributed by atoms with Gasteiger partial charge in [-0.15, -0.1) is 0 Å². The number of rotatable bonds is 1. The summed E-state index contributed by atoms with van der Waals surface area (Å²) >= 11 is 2.12. The zero-order valence-electron chi connectivity index (χ0n) is 7.25. The normalized spacial score (nSPS) is 35.2. The van der Waals surface area contributed by atoms with Crippen molar-refractivity contribution >= 4 is 11.8 Å². The largest absolute Gasteiger partial charge is 0.296 e. The molecule has 0 aromatic heterocycles. The molecule has 1 nitrogen and oxygen atoms in total. The minimum Gasteiger partial charge on any atom is -0.296 e. The maximum absolute atomic E-state index is 2.72. The lowest BCUT2D eigenvalue weighted by Crippen LogP contribution is -2.49. The number of hydrogen-bond acceptors (Lipinski definition) is 2. The molecule has 2 rings (SSSR count). The van der Waals surface area contributed by atoms with E-state index < -0.39 is 0 Å². The molecule has 0 aromatic carbocycles. The highest BCUT2D eigenvalue weighted by atomic mass is 32.2. The van der Waals surface area contributed by atoms with Crippen LogP contribution in [0, 0.1) is 0 Å². The highest BCUT2D eigenvalue weighted by Crippen LogP contribution is 2.29. The van der Waals surface area contributed by atoms with E-state index in [-0.39, 0.29) is 0 Å². The van der Waals surface area contributed by atoms with E-state index in [1.54, 1.807) is 0 Å². The molecule has 2 aliphatic rings. The quantitative estimate of drug-likeness (QED) is 0.593. The fourth-order valence-electron chi connectivity index (χ4n) is 2.00. The van der Waals surface area contributed by atoms with Crippen molar-refractivity contribution in [2.75, 3.05) is 18.1 Å². The second kappa shape index (κ2) is 3.36. The molecule has 1 unspecified atom stereocenters. The van der Waals surface area contributed by atoms with Crippen LogP contribution in [0.4, 0.5) is 0 Å². The first kappa shape index (κ1) is 7.93. The summed E-state index contributed by atoms with van der Waals surface area (Å²) in [5.74, 6) is 2.72. The Morgan fingerprint density at radius 3 is 2.73 bits per heavy atom.